The lowest BCUT2D eigenvalue weighted by Crippen LogP contribution is -2.45. The zero-order valence-corrected chi connectivity index (χ0v) is 22.4. The smallest absolute Gasteiger partial charge is 0.337 e. The molecule has 2 atom stereocenters. The van der Waals surface area contributed by atoms with Gasteiger partial charge in [-0.05, 0) is 44.5 Å². The van der Waals surface area contributed by atoms with Crippen LogP contribution in [0.3, 0.4) is 0 Å². The largest absolute Gasteiger partial charge is 0.490 e. The number of nitrogens with zero attached hydrogens (tertiary/aromatic N) is 2. The van der Waals surface area contributed by atoms with E-state index < -0.39 is 24.3 Å². The Kier molecular flexibility index (Phi) is 8.72. The maximum Gasteiger partial charge on any atom is 0.337 e. The summed E-state index contributed by atoms with van der Waals surface area (Å²) in [5.41, 5.74) is 6.03. The first kappa shape index (κ1) is 27.5. The average Bonchev–Trinajstić information content (AvgIpc) is 3.29. The average molecular weight is 536 g/mol. The Bertz CT molecular complexity index is 1410. The molecular weight excluding hydrogens is 502 g/mol. The van der Waals surface area contributed by atoms with Gasteiger partial charge in [-0.1, -0.05) is 24.3 Å². The van der Waals surface area contributed by atoms with E-state index in [2.05, 4.69) is 38.7 Å². The van der Waals surface area contributed by atoms with Crippen molar-refractivity contribution in [2.75, 3.05) is 20.3 Å². The van der Waals surface area contributed by atoms with Gasteiger partial charge < -0.3 is 34.5 Å². The second-order valence-corrected chi connectivity index (χ2v) is 8.80. The van der Waals surface area contributed by atoms with E-state index in [1.54, 1.807) is 31.3 Å². The summed E-state index contributed by atoms with van der Waals surface area (Å²) in [6.45, 7) is 6.62. The number of benzene rings is 2. The summed E-state index contributed by atoms with van der Waals surface area (Å²) in [6.07, 6.45) is 2.59. The number of aliphatic hydroxyl groups is 1. The number of methoxy groups -OCH3 is 1. The molecule has 39 heavy (non-hydrogen) atoms. The summed E-state index contributed by atoms with van der Waals surface area (Å²) >= 11 is 0. The fraction of sp³-hybridized carbons (Fsp3) is 0.321. The van der Waals surface area contributed by atoms with Crippen molar-refractivity contribution in [2.45, 2.75) is 39.6 Å². The molecule has 0 aliphatic carbocycles. The molecule has 0 fully saturated rings. The van der Waals surface area contributed by atoms with E-state index in [0.717, 1.165) is 23.0 Å². The van der Waals surface area contributed by atoms with Crippen molar-refractivity contribution in [2.24, 2.45) is 5.10 Å². The van der Waals surface area contributed by atoms with Crippen LogP contribution >= 0.6 is 0 Å². The Balaban J connectivity index is 1.45. The Labute approximate surface area is 226 Å². The molecule has 4 rings (SSSR count). The van der Waals surface area contributed by atoms with E-state index in [0.29, 0.717) is 29.4 Å². The highest BCUT2D eigenvalue weighted by Gasteiger charge is 2.32. The quantitative estimate of drug-likeness (QED) is 0.128. The van der Waals surface area contributed by atoms with E-state index in [4.69, 9.17) is 14.2 Å². The number of aromatic nitrogens is 1. The number of urea groups is 1. The highest BCUT2D eigenvalue weighted by atomic mass is 16.5. The van der Waals surface area contributed by atoms with Gasteiger partial charge in [0.25, 0.3) is 0 Å². The number of aliphatic hydroxyl groups excluding tert-OH is 1. The Morgan fingerprint density at radius 3 is 2.74 bits per heavy atom. The van der Waals surface area contributed by atoms with Crippen LogP contribution < -0.4 is 25.5 Å². The van der Waals surface area contributed by atoms with Crippen LogP contribution in [0, 0.1) is 0 Å². The molecule has 0 saturated carbocycles. The predicted molar refractivity (Wildman–Crippen MR) is 147 cm³/mol. The molecule has 11 nitrogen and oxygen atoms in total. The number of ether oxygens (including phenoxy) is 3. The fourth-order valence-electron chi connectivity index (χ4n) is 4.45. The minimum Gasteiger partial charge on any atom is -0.490 e. The summed E-state index contributed by atoms with van der Waals surface area (Å²) in [5, 5.41) is 21.0. The number of hydrogen-bond acceptors (Lipinski definition) is 8. The number of rotatable bonds is 11. The van der Waals surface area contributed by atoms with Gasteiger partial charge in [0.1, 0.15) is 6.61 Å². The SMILES string of the molecule is CCOc1cc([C@H]2NC(=O)NC(C)=C2C(=O)OC)ccc1OC[C@@H](O)N/N=C/c1cn(CC)c2ccccc12. The standard InChI is InChI=1S/C28H33N5O6/c1-5-33-15-19(20-9-7-8-10-21(20)33)14-29-32-24(34)16-39-22-12-11-18(13-23(22)38-6-2)26-25(27(35)37-4)17(3)30-28(36)31-26/h7-15,24,26,32,34H,5-6,16H2,1-4H3,(H2,30,31,36)/b29-14+/t24-,26-/m1/s1. The molecule has 1 aliphatic rings. The van der Waals surface area contributed by atoms with Crippen molar-refractivity contribution < 1.29 is 28.9 Å². The minimum absolute atomic E-state index is 0.107. The first-order valence-corrected chi connectivity index (χ1v) is 12.7. The fourth-order valence-corrected chi connectivity index (χ4v) is 4.45. The third kappa shape index (κ3) is 6.15. The summed E-state index contributed by atoms with van der Waals surface area (Å²) in [5.74, 6) is 0.224. The molecular formula is C28H33N5O6. The van der Waals surface area contributed by atoms with Gasteiger partial charge in [-0.3, -0.25) is 5.43 Å². The van der Waals surface area contributed by atoms with Gasteiger partial charge in [0, 0.05) is 34.9 Å². The van der Waals surface area contributed by atoms with E-state index in [9.17, 15) is 14.7 Å². The molecule has 0 unspecified atom stereocenters. The molecule has 11 heteroatoms. The molecule has 3 aromatic rings. The highest BCUT2D eigenvalue weighted by molar-refractivity contribution is 5.99. The second-order valence-electron chi connectivity index (χ2n) is 8.80. The molecule has 4 N–H and O–H groups in total. The Hall–Kier alpha value is -4.51. The summed E-state index contributed by atoms with van der Waals surface area (Å²) < 4.78 is 18.6. The number of esters is 1. The zero-order chi connectivity index (χ0) is 27.9. The van der Waals surface area contributed by atoms with Gasteiger partial charge in [-0.25, -0.2) is 9.59 Å². The predicted octanol–water partition coefficient (Wildman–Crippen LogP) is 3.18. The third-order valence-corrected chi connectivity index (χ3v) is 6.26. The van der Waals surface area contributed by atoms with Crippen molar-refractivity contribution in [3.8, 4) is 11.5 Å². The molecule has 0 saturated heterocycles. The van der Waals surface area contributed by atoms with Gasteiger partial charge in [0.2, 0.25) is 0 Å². The van der Waals surface area contributed by atoms with Crippen LogP contribution in [0.25, 0.3) is 10.9 Å². The number of amides is 2. The molecule has 0 spiro atoms. The van der Waals surface area contributed by atoms with E-state index in [1.165, 1.54) is 7.11 Å². The molecule has 206 valence electrons. The highest BCUT2D eigenvalue weighted by Crippen LogP contribution is 2.35. The molecule has 0 bridgehead atoms. The van der Waals surface area contributed by atoms with Crippen molar-refractivity contribution in [3.63, 3.8) is 0 Å². The number of carbonyl (C=O) groups excluding carboxylic acids is 2. The van der Waals surface area contributed by atoms with E-state index >= 15 is 0 Å². The van der Waals surface area contributed by atoms with Gasteiger partial charge in [-0.2, -0.15) is 5.10 Å². The number of fused-ring (bicyclic) bond motifs is 1. The molecule has 1 aromatic heterocycles. The monoisotopic (exact) mass is 535 g/mol. The number of hydrazone groups is 1. The first-order valence-electron chi connectivity index (χ1n) is 12.7. The maximum absolute atomic E-state index is 12.4. The molecule has 1 aliphatic heterocycles. The summed E-state index contributed by atoms with van der Waals surface area (Å²) in [7, 11) is 1.28. The number of para-hydroxylation sites is 1. The minimum atomic E-state index is -1.09. The van der Waals surface area contributed by atoms with Crippen LogP contribution in [0.5, 0.6) is 11.5 Å². The van der Waals surface area contributed by atoms with Gasteiger partial charge in [0.05, 0.1) is 31.5 Å². The van der Waals surface area contributed by atoms with Crippen LogP contribution in [0.1, 0.15) is 37.9 Å². The van der Waals surface area contributed by atoms with Gasteiger partial charge >= 0.3 is 12.0 Å². The number of aryl methyl sites for hydroxylation is 1. The normalized spacial score (nSPS) is 16.1. The van der Waals surface area contributed by atoms with Crippen LogP contribution in [0.15, 0.2) is 65.0 Å². The van der Waals surface area contributed by atoms with Gasteiger partial charge in [-0.15, -0.1) is 0 Å². The second kappa shape index (κ2) is 12.4. The Morgan fingerprint density at radius 1 is 1.21 bits per heavy atom. The van der Waals surface area contributed by atoms with E-state index in [1.807, 2.05) is 31.3 Å². The number of nitrogens with one attached hydrogen (secondary N) is 3. The molecule has 2 amide bonds. The lowest BCUT2D eigenvalue weighted by atomic mass is 9.95. The summed E-state index contributed by atoms with van der Waals surface area (Å²) in [6, 6.07) is 12.0. The van der Waals surface area contributed by atoms with Crippen LogP contribution in [-0.2, 0) is 16.1 Å². The topological polar surface area (TPSA) is 135 Å². The summed E-state index contributed by atoms with van der Waals surface area (Å²) in [4.78, 5) is 24.5. The van der Waals surface area contributed by atoms with Crippen molar-refractivity contribution in [1.82, 2.24) is 20.6 Å². The third-order valence-electron chi connectivity index (χ3n) is 6.26. The number of hydrogen-bond donors (Lipinski definition) is 4. The van der Waals surface area contributed by atoms with Crippen molar-refractivity contribution in [3.05, 3.63) is 71.1 Å². The lowest BCUT2D eigenvalue weighted by molar-refractivity contribution is -0.136. The lowest BCUT2D eigenvalue weighted by Gasteiger charge is -2.28. The van der Waals surface area contributed by atoms with Crippen molar-refractivity contribution in [1.29, 1.82) is 0 Å². The van der Waals surface area contributed by atoms with E-state index in [-0.39, 0.29) is 12.2 Å². The van der Waals surface area contributed by atoms with Crippen LogP contribution in [0.4, 0.5) is 4.79 Å². The van der Waals surface area contributed by atoms with Crippen molar-refractivity contribution >= 4 is 29.1 Å². The number of carbonyl (C=O) groups is 2. The van der Waals surface area contributed by atoms with Crippen LogP contribution in [-0.4, -0.2) is 54.4 Å². The van der Waals surface area contributed by atoms with Crippen LogP contribution in [0.2, 0.25) is 0 Å². The first-order chi connectivity index (χ1) is 18.9. The number of allylic oxidation sites excluding steroid dienone is 1. The molecule has 2 aromatic carbocycles. The zero-order valence-electron chi connectivity index (χ0n) is 22.4. The van der Waals surface area contributed by atoms with Gasteiger partial charge in [0.15, 0.2) is 17.7 Å². The Morgan fingerprint density at radius 2 is 2.00 bits per heavy atom. The maximum atomic E-state index is 12.4. The molecule has 2 heterocycles. The molecule has 0 radical (unpaired) electrons.